The Kier molecular flexibility index (Phi) is 2.96. The summed E-state index contributed by atoms with van der Waals surface area (Å²) < 4.78 is 1.39. The zero-order valence-electron chi connectivity index (χ0n) is 10.8. The van der Waals surface area contributed by atoms with Crippen molar-refractivity contribution in [1.29, 1.82) is 0 Å². The number of allylic oxidation sites excluding steroid dienone is 2. The Labute approximate surface area is 112 Å². The summed E-state index contributed by atoms with van der Waals surface area (Å²) in [6, 6.07) is 9.16. The predicted octanol–water partition coefficient (Wildman–Crippen LogP) is 4.22. The maximum Gasteiger partial charge on any atom is 0.0510 e. The van der Waals surface area contributed by atoms with Crippen molar-refractivity contribution < 1.29 is 0 Å². The van der Waals surface area contributed by atoms with Crippen LogP contribution in [0.15, 0.2) is 53.6 Å². The highest BCUT2D eigenvalue weighted by molar-refractivity contribution is 7.17. The van der Waals surface area contributed by atoms with Gasteiger partial charge in [0.1, 0.15) is 0 Å². The Morgan fingerprint density at radius 2 is 2.11 bits per heavy atom. The fourth-order valence-electron chi connectivity index (χ4n) is 2.44. The van der Waals surface area contributed by atoms with Crippen LogP contribution in [-0.2, 0) is 6.42 Å². The van der Waals surface area contributed by atoms with Gasteiger partial charge >= 0.3 is 0 Å². The molecule has 0 N–H and O–H groups in total. The van der Waals surface area contributed by atoms with Crippen LogP contribution in [-0.4, -0.2) is 18.0 Å². The molecule has 0 bridgehead atoms. The second-order valence-electron chi connectivity index (χ2n) is 4.92. The van der Waals surface area contributed by atoms with E-state index >= 15 is 0 Å². The first kappa shape index (κ1) is 11.5. The molecule has 2 aromatic rings. The van der Waals surface area contributed by atoms with Gasteiger partial charge in [-0.1, -0.05) is 29.8 Å². The summed E-state index contributed by atoms with van der Waals surface area (Å²) in [6.45, 7) is 2.17. The average molecular weight is 255 g/mol. The van der Waals surface area contributed by atoms with Crippen molar-refractivity contribution >= 4 is 21.4 Å². The summed E-state index contributed by atoms with van der Waals surface area (Å²) >= 11 is 1.85. The lowest BCUT2D eigenvalue weighted by Gasteiger charge is -2.27. The number of fused-ring (bicyclic) bond motifs is 1. The smallest absolute Gasteiger partial charge is 0.0510 e. The first-order valence-electron chi connectivity index (χ1n) is 6.28. The molecule has 0 fully saturated rings. The van der Waals surface area contributed by atoms with Crippen LogP contribution >= 0.6 is 11.3 Å². The minimum Gasteiger partial charge on any atom is -0.374 e. The van der Waals surface area contributed by atoms with Gasteiger partial charge in [-0.25, -0.2) is 0 Å². The van der Waals surface area contributed by atoms with E-state index in [2.05, 4.69) is 66.9 Å². The summed E-state index contributed by atoms with van der Waals surface area (Å²) in [7, 11) is 2.15. The van der Waals surface area contributed by atoms with Gasteiger partial charge < -0.3 is 4.90 Å². The molecule has 1 aliphatic rings. The third-order valence-electron chi connectivity index (χ3n) is 3.54. The zero-order valence-corrected chi connectivity index (χ0v) is 11.6. The second-order valence-corrected chi connectivity index (χ2v) is 5.83. The molecule has 0 saturated carbocycles. The van der Waals surface area contributed by atoms with Crippen LogP contribution < -0.4 is 0 Å². The summed E-state index contributed by atoms with van der Waals surface area (Å²) in [4.78, 5) is 2.29. The van der Waals surface area contributed by atoms with Crippen LogP contribution in [0.2, 0.25) is 0 Å². The molecule has 2 heterocycles. The monoisotopic (exact) mass is 255 g/mol. The third-order valence-corrected chi connectivity index (χ3v) is 4.55. The van der Waals surface area contributed by atoms with Crippen molar-refractivity contribution in [3.8, 4) is 0 Å². The molecule has 0 saturated heterocycles. The van der Waals surface area contributed by atoms with Gasteiger partial charge in [0.15, 0.2) is 0 Å². The SMILES string of the molecule is CC1=CC(Cc2csc3ccccc23)N(C)C=C1. The number of hydrogen-bond acceptors (Lipinski definition) is 2. The summed E-state index contributed by atoms with van der Waals surface area (Å²) in [5.74, 6) is 0. The lowest BCUT2D eigenvalue weighted by Crippen LogP contribution is -2.29. The number of likely N-dealkylation sites (N-methyl/N-ethyl adjacent to an activating group) is 1. The van der Waals surface area contributed by atoms with E-state index in [4.69, 9.17) is 0 Å². The Balaban J connectivity index is 1.91. The third kappa shape index (κ3) is 2.08. The highest BCUT2D eigenvalue weighted by atomic mass is 32.1. The first-order valence-corrected chi connectivity index (χ1v) is 7.15. The van der Waals surface area contributed by atoms with Crippen molar-refractivity contribution in [2.75, 3.05) is 7.05 Å². The van der Waals surface area contributed by atoms with E-state index in [1.165, 1.54) is 21.2 Å². The molecule has 1 atom stereocenters. The van der Waals surface area contributed by atoms with E-state index in [9.17, 15) is 0 Å². The number of benzene rings is 1. The van der Waals surface area contributed by atoms with Gasteiger partial charge in [0, 0.05) is 11.7 Å². The minimum atomic E-state index is 0.480. The molecule has 1 aliphatic heterocycles. The van der Waals surface area contributed by atoms with Crippen LogP contribution in [0.1, 0.15) is 12.5 Å². The maximum absolute atomic E-state index is 2.35. The number of rotatable bonds is 2. The first-order chi connectivity index (χ1) is 8.74. The molecule has 92 valence electrons. The van der Waals surface area contributed by atoms with Crippen molar-refractivity contribution in [2.24, 2.45) is 0 Å². The topological polar surface area (TPSA) is 3.24 Å². The average Bonchev–Trinajstić information content (AvgIpc) is 2.78. The maximum atomic E-state index is 2.35. The normalized spacial score (nSPS) is 19.3. The minimum absolute atomic E-state index is 0.480. The second kappa shape index (κ2) is 4.62. The fourth-order valence-corrected chi connectivity index (χ4v) is 3.42. The Bertz CT molecular complexity index is 621. The quantitative estimate of drug-likeness (QED) is 0.776. The zero-order chi connectivity index (χ0) is 12.5. The van der Waals surface area contributed by atoms with Crippen LogP contribution in [0.5, 0.6) is 0 Å². The van der Waals surface area contributed by atoms with E-state index in [-0.39, 0.29) is 0 Å². The summed E-state index contributed by atoms with van der Waals surface area (Å²) in [5.41, 5.74) is 2.82. The van der Waals surface area contributed by atoms with E-state index in [1.54, 1.807) is 0 Å². The molecular formula is C16H17NS. The van der Waals surface area contributed by atoms with Crippen LogP contribution in [0.3, 0.4) is 0 Å². The van der Waals surface area contributed by atoms with Crippen LogP contribution in [0, 0.1) is 0 Å². The Hall–Kier alpha value is -1.54. The number of thiophene rings is 1. The molecule has 3 rings (SSSR count). The predicted molar refractivity (Wildman–Crippen MR) is 80.0 cm³/mol. The molecule has 1 aromatic carbocycles. The summed E-state index contributed by atoms with van der Waals surface area (Å²) in [5, 5.41) is 3.72. The number of nitrogens with zero attached hydrogens (tertiary/aromatic N) is 1. The number of hydrogen-bond donors (Lipinski definition) is 0. The molecule has 0 amide bonds. The van der Waals surface area contributed by atoms with Gasteiger partial charge in [0.25, 0.3) is 0 Å². The van der Waals surface area contributed by atoms with Crippen LogP contribution in [0.25, 0.3) is 10.1 Å². The molecule has 0 aliphatic carbocycles. The van der Waals surface area contributed by atoms with Crippen molar-refractivity contribution in [3.05, 3.63) is 59.1 Å². The molecule has 0 radical (unpaired) electrons. The standard InChI is InChI=1S/C16H17NS/c1-12-7-8-17(2)14(9-12)10-13-11-18-16-6-4-3-5-15(13)16/h3-9,11,14H,10H2,1-2H3. The summed E-state index contributed by atoms with van der Waals surface area (Å²) in [6.07, 6.45) is 7.78. The van der Waals surface area contributed by atoms with E-state index < -0.39 is 0 Å². The Morgan fingerprint density at radius 1 is 1.28 bits per heavy atom. The van der Waals surface area contributed by atoms with Gasteiger partial charge in [-0.3, -0.25) is 0 Å². The molecule has 18 heavy (non-hydrogen) atoms. The van der Waals surface area contributed by atoms with Gasteiger partial charge in [-0.15, -0.1) is 11.3 Å². The lowest BCUT2D eigenvalue weighted by molar-refractivity contribution is 0.376. The molecular weight excluding hydrogens is 238 g/mol. The van der Waals surface area contributed by atoms with Crippen molar-refractivity contribution in [2.45, 2.75) is 19.4 Å². The highest BCUT2D eigenvalue weighted by Crippen LogP contribution is 2.28. The highest BCUT2D eigenvalue weighted by Gasteiger charge is 2.15. The van der Waals surface area contributed by atoms with E-state index in [1.807, 2.05) is 11.3 Å². The molecule has 1 nitrogen and oxygen atoms in total. The van der Waals surface area contributed by atoms with Gasteiger partial charge in [0.05, 0.1) is 6.04 Å². The van der Waals surface area contributed by atoms with Crippen molar-refractivity contribution in [1.82, 2.24) is 4.90 Å². The van der Waals surface area contributed by atoms with Gasteiger partial charge in [0.2, 0.25) is 0 Å². The molecule has 0 spiro atoms. The van der Waals surface area contributed by atoms with E-state index in [0.29, 0.717) is 6.04 Å². The van der Waals surface area contributed by atoms with Crippen LogP contribution in [0.4, 0.5) is 0 Å². The van der Waals surface area contributed by atoms with E-state index in [0.717, 1.165) is 6.42 Å². The molecule has 1 unspecified atom stereocenters. The lowest BCUT2D eigenvalue weighted by atomic mass is 10.0. The Morgan fingerprint density at radius 3 is 3.00 bits per heavy atom. The van der Waals surface area contributed by atoms with Gasteiger partial charge in [-0.2, -0.15) is 0 Å². The largest absolute Gasteiger partial charge is 0.374 e. The van der Waals surface area contributed by atoms with Gasteiger partial charge in [-0.05, 0) is 48.0 Å². The molecule has 2 heteroatoms. The van der Waals surface area contributed by atoms with Crippen molar-refractivity contribution in [3.63, 3.8) is 0 Å². The fraction of sp³-hybridized carbons (Fsp3) is 0.250. The molecule has 1 aromatic heterocycles.